The highest BCUT2D eigenvalue weighted by atomic mass is 15.1. The van der Waals surface area contributed by atoms with Crippen LogP contribution in [-0.4, -0.2) is 15.5 Å². The Balaban J connectivity index is 2.24. The van der Waals surface area contributed by atoms with Crippen molar-refractivity contribution < 1.29 is 0 Å². The van der Waals surface area contributed by atoms with E-state index in [1.807, 2.05) is 6.07 Å². The molecule has 1 heterocycles. The smallest absolute Gasteiger partial charge is 0.135 e. The summed E-state index contributed by atoms with van der Waals surface area (Å²) >= 11 is 0. The number of hydrogen-bond donors (Lipinski definition) is 2. The fraction of sp³-hybridized carbons (Fsp3) is 0.375. The van der Waals surface area contributed by atoms with Crippen LogP contribution in [0.5, 0.6) is 0 Å². The van der Waals surface area contributed by atoms with E-state index in [0.29, 0.717) is 0 Å². The van der Waals surface area contributed by atoms with Crippen LogP contribution in [0.25, 0.3) is 0 Å². The first-order chi connectivity index (χ1) is 9.35. The van der Waals surface area contributed by atoms with Crippen LogP contribution in [0.15, 0.2) is 30.6 Å². The molecule has 0 saturated heterocycles. The molecule has 0 atom stereocenters. The number of anilines is 3. The number of hydrogen-bond acceptors (Lipinski definition) is 4. The van der Waals surface area contributed by atoms with Crippen molar-refractivity contribution in [3.63, 3.8) is 0 Å². The third kappa shape index (κ3) is 3.70. The fourth-order valence-corrected chi connectivity index (χ4v) is 2.02. The normalized spacial score (nSPS) is 11.2. The predicted molar refractivity (Wildman–Crippen MR) is 84.6 cm³/mol. The molecular weight excluding hydrogens is 248 g/mol. The zero-order valence-corrected chi connectivity index (χ0v) is 12.8. The van der Waals surface area contributed by atoms with Gasteiger partial charge < -0.3 is 10.6 Å². The standard InChI is InChI=1S/C16H22N4/c1-11-7-6-8-12(2)15(11)19-13-9-14(18-10-17-13)20-16(3,4)5/h6-10H,1-5H3,(H2,17,18,19,20). The number of para-hydroxylation sites is 1. The van der Waals surface area contributed by atoms with Gasteiger partial charge in [-0.1, -0.05) is 18.2 Å². The summed E-state index contributed by atoms with van der Waals surface area (Å²) < 4.78 is 0. The van der Waals surface area contributed by atoms with Gasteiger partial charge in [-0.05, 0) is 45.7 Å². The molecule has 4 heteroatoms. The van der Waals surface area contributed by atoms with Crippen LogP contribution in [-0.2, 0) is 0 Å². The Hall–Kier alpha value is -2.10. The van der Waals surface area contributed by atoms with E-state index in [4.69, 9.17) is 0 Å². The Bertz CT molecular complexity index is 579. The highest BCUT2D eigenvalue weighted by molar-refractivity contribution is 5.65. The van der Waals surface area contributed by atoms with Crippen LogP contribution in [0.4, 0.5) is 17.3 Å². The second-order valence-corrected chi connectivity index (χ2v) is 6.06. The molecule has 0 radical (unpaired) electrons. The minimum absolute atomic E-state index is 0.0236. The van der Waals surface area contributed by atoms with Crippen molar-refractivity contribution in [1.29, 1.82) is 0 Å². The number of benzene rings is 1. The fourth-order valence-electron chi connectivity index (χ4n) is 2.02. The second kappa shape index (κ2) is 5.49. The molecule has 0 bridgehead atoms. The number of rotatable bonds is 3. The summed E-state index contributed by atoms with van der Waals surface area (Å²) in [4.78, 5) is 8.53. The van der Waals surface area contributed by atoms with Gasteiger partial charge in [0.1, 0.15) is 18.0 Å². The first kappa shape index (κ1) is 14.3. The average molecular weight is 270 g/mol. The largest absolute Gasteiger partial charge is 0.365 e. The van der Waals surface area contributed by atoms with Crippen molar-refractivity contribution in [3.05, 3.63) is 41.7 Å². The summed E-state index contributed by atoms with van der Waals surface area (Å²) in [5, 5.41) is 6.72. The van der Waals surface area contributed by atoms with Crippen molar-refractivity contribution in [1.82, 2.24) is 9.97 Å². The van der Waals surface area contributed by atoms with Crippen molar-refractivity contribution in [2.45, 2.75) is 40.2 Å². The molecule has 1 aromatic heterocycles. The van der Waals surface area contributed by atoms with Crippen LogP contribution in [0.1, 0.15) is 31.9 Å². The molecule has 0 fully saturated rings. The van der Waals surface area contributed by atoms with E-state index < -0.39 is 0 Å². The van der Waals surface area contributed by atoms with E-state index in [0.717, 1.165) is 17.3 Å². The summed E-state index contributed by atoms with van der Waals surface area (Å²) in [6.07, 6.45) is 1.57. The lowest BCUT2D eigenvalue weighted by Gasteiger charge is -2.21. The number of nitrogens with zero attached hydrogens (tertiary/aromatic N) is 2. The van der Waals surface area contributed by atoms with Crippen molar-refractivity contribution in [2.24, 2.45) is 0 Å². The van der Waals surface area contributed by atoms with E-state index in [1.165, 1.54) is 11.1 Å². The zero-order valence-electron chi connectivity index (χ0n) is 12.8. The average Bonchev–Trinajstić information content (AvgIpc) is 2.32. The monoisotopic (exact) mass is 270 g/mol. The lowest BCUT2D eigenvalue weighted by Crippen LogP contribution is -2.26. The van der Waals surface area contributed by atoms with Crippen LogP contribution in [0, 0.1) is 13.8 Å². The molecule has 20 heavy (non-hydrogen) atoms. The van der Waals surface area contributed by atoms with E-state index >= 15 is 0 Å². The molecule has 4 nitrogen and oxygen atoms in total. The number of aromatic nitrogens is 2. The van der Waals surface area contributed by atoms with Gasteiger partial charge in [0.25, 0.3) is 0 Å². The van der Waals surface area contributed by atoms with Crippen LogP contribution in [0.2, 0.25) is 0 Å². The SMILES string of the molecule is Cc1cccc(C)c1Nc1cc(NC(C)(C)C)ncn1. The van der Waals surface area contributed by atoms with Crippen LogP contribution in [0.3, 0.4) is 0 Å². The molecule has 0 aliphatic rings. The van der Waals surface area contributed by atoms with Gasteiger partial charge in [-0.2, -0.15) is 0 Å². The third-order valence-electron chi connectivity index (χ3n) is 2.90. The predicted octanol–water partition coefficient (Wildman–Crippen LogP) is 4.05. The highest BCUT2D eigenvalue weighted by Gasteiger charge is 2.11. The van der Waals surface area contributed by atoms with Gasteiger partial charge in [0.05, 0.1) is 0 Å². The van der Waals surface area contributed by atoms with Crippen LogP contribution < -0.4 is 10.6 Å². The maximum absolute atomic E-state index is 4.28. The number of aryl methyl sites for hydroxylation is 2. The highest BCUT2D eigenvalue weighted by Crippen LogP contribution is 2.24. The second-order valence-electron chi connectivity index (χ2n) is 6.06. The minimum atomic E-state index is -0.0236. The lowest BCUT2D eigenvalue weighted by atomic mass is 10.1. The Morgan fingerprint density at radius 2 is 1.55 bits per heavy atom. The molecule has 0 saturated carbocycles. The topological polar surface area (TPSA) is 49.8 Å². The summed E-state index contributed by atoms with van der Waals surface area (Å²) in [5.41, 5.74) is 3.49. The van der Waals surface area contributed by atoms with Gasteiger partial charge in [0, 0.05) is 17.3 Å². The molecule has 0 unspecified atom stereocenters. The first-order valence-electron chi connectivity index (χ1n) is 6.78. The summed E-state index contributed by atoms with van der Waals surface area (Å²) in [6, 6.07) is 8.16. The molecule has 0 aliphatic carbocycles. The van der Waals surface area contributed by atoms with Gasteiger partial charge in [0.2, 0.25) is 0 Å². The van der Waals surface area contributed by atoms with E-state index in [9.17, 15) is 0 Å². The summed E-state index contributed by atoms with van der Waals surface area (Å²) in [6.45, 7) is 10.5. The molecule has 0 spiro atoms. The van der Waals surface area contributed by atoms with Crippen molar-refractivity contribution in [2.75, 3.05) is 10.6 Å². The van der Waals surface area contributed by atoms with Gasteiger partial charge in [-0.25, -0.2) is 9.97 Å². The molecule has 0 amide bonds. The summed E-state index contributed by atoms with van der Waals surface area (Å²) in [7, 11) is 0. The zero-order chi connectivity index (χ0) is 14.8. The maximum atomic E-state index is 4.28. The molecule has 0 aliphatic heterocycles. The maximum Gasteiger partial charge on any atom is 0.135 e. The first-order valence-corrected chi connectivity index (χ1v) is 6.78. The Morgan fingerprint density at radius 3 is 2.15 bits per heavy atom. The lowest BCUT2D eigenvalue weighted by molar-refractivity contribution is 0.630. The van der Waals surface area contributed by atoms with E-state index in [-0.39, 0.29) is 5.54 Å². The number of nitrogens with one attached hydrogen (secondary N) is 2. The van der Waals surface area contributed by atoms with E-state index in [1.54, 1.807) is 6.33 Å². The van der Waals surface area contributed by atoms with Crippen molar-refractivity contribution in [3.8, 4) is 0 Å². The summed E-state index contributed by atoms with van der Waals surface area (Å²) in [5.74, 6) is 1.62. The Morgan fingerprint density at radius 1 is 0.950 bits per heavy atom. The minimum Gasteiger partial charge on any atom is -0.365 e. The molecule has 2 rings (SSSR count). The van der Waals surface area contributed by atoms with Gasteiger partial charge in [0.15, 0.2) is 0 Å². The molecule has 1 aromatic carbocycles. The van der Waals surface area contributed by atoms with E-state index in [2.05, 4.69) is 73.4 Å². The molecule has 106 valence electrons. The molecule has 2 aromatic rings. The van der Waals surface area contributed by atoms with Gasteiger partial charge >= 0.3 is 0 Å². The van der Waals surface area contributed by atoms with Gasteiger partial charge in [-0.15, -0.1) is 0 Å². The third-order valence-corrected chi connectivity index (χ3v) is 2.90. The Kier molecular flexibility index (Phi) is 3.93. The van der Waals surface area contributed by atoms with Crippen molar-refractivity contribution >= 4 is 17.3 Å². The molecule has 2 N–H and O–H groups in total. The molecular formula is C16H22N4. The quantitative estimate of drug-likeness (QED) is 0.883. The van der Waals surface area contributed by atoms with Gasteiger partial charge in [-0.3, -0.25) is 0 Å². The van der Waals surface area contributed by atoms with Crippen LogP contribution >= 0.6 is 0 Å². The Labute approximate surface area is 120 Å².